The molecule has 2 amide bonds. The molecule has 0 saturated carbocycles. The summed E-state index contributed by atoms with van der Waals surface area (Å²) in [5, 5.41) is 15.7. The number of oxime groups is 1. The first-order valence-corrected chi connectivity index (χ1v) is 10.3. The van der Waals surface area contributed by atoms with Gasteiger partial charge in [0.15, 0.2) is 0 Å². The molecule has 2 aromatic carbocycles. The van der Waals surface area contributed by atoms with Crippen LogP contribution in [0.4, 0.5) is 18.9 Å². The zero-order chi connectivity index (χ0) is 25.3. The zero-order valence-corrected chi connectivity index (χ0v) is 19.2. The molecule has 0 aliphatic carbocycles. The summed E-state index contributed by atoms with van der Waals surface area (Å²) in [5.41, 5.74) is -3.15. The predicted octanol–water partition coefficient (Wildman–Crippen LogP) is 4.84. The van der Waals surface area contributed by atoms with Crippen LogP contribution in [-0.4, -0.2) is 36.8 Å². The number of carbonyl (C=O) groups is 2. The van der Waals surface area contributed by atoms with Crippen molar-refractivity contribution in [1.82, 2.24) is 5.32 Å². The van der Waals surface area contributed by atoms with Gasteiger partial charge in [-0.25, -0.2) is 0 Å². The Labute approximate surface area is 201 Å². The number of ether oxygens (including phenoxy) is 1. The molecule has 0 saturated heterocycles. The summed E-state index contributed by atoms with van der Waals surface area (Å²) in [5.74, 6) is -1.30. The molecule has 0 bridgehead atoms. The van der Waals surface area contributed by atoms with E-state index in [0.717, 1.165) is 12.1 Å². The molecule has 1 aliphatic heterocycles. The lowest BCUT2D eigenvalue weighted by molar-refractivity contribution is -0.275. The number of anilines is 1. The highest BCUT2D eigenvalue weighted by atomic mass is 35.5. The first-order chi connectivity index (χ1) is 15.9. The molecule has 3 rings (SSSR count). The van der Waals surface area contributed by atoms with Gasteiger partial charge in [0.05, 0.1) is 24.1 Å². The van der Waals surface area contributed by atoms with Gasteiger partial charge in [0.1, 0.15) is 0 Å². The molecule has 0 radical (unpaired) electrons. The largest absolute Gasteiger partial charge is 0.468 e. The highest BCUT2D eigenvalue weighted by Crippen LogP contribution is 2.49. The smallest absolute Gasteiger partial charge is 0.435 e. The van der Waals surface area contributed by atoms with Gasteiger partial charge >= 0.3 is 6.18 Å². The number of halogens is 5. The molecule has 1 unspecified atom stereocenters. The summed E-state index contributed by atoms with van der Waals surface area (Å²) in [6, 6.07) is 6.85. The zero-order valence-electron chi connectivity index (χ0n) is 17.6. The number of alkyl halides is 3. The second kappa shape index (κ2) is 9.51. The van der Waals surface area contributed by atoms with Crippen LogP contribution < -0.4 is 10.6 Å². The maximum atomic E-state index is 14.2. The molecule has 1 atom stereocenters. The molecule has 34 heavy (non-hydrogen) atoms. The number of methoxy groups -OCH3 is 1. The molecular weight excluding hydrogens is 500 g/mol. The summed E-state index contributed by atoms with van der Waals surface area (Å²) >= 11 is 11.8. The third kappa shape index (κ3) is 5.10. The van der Waals surface area contributed by atoms with Crippen LogP contribution in [0.15, 0.2) is 41.6 Å². The Morgan fingerprint density at radius 3 is 2.38 bits per heavy atom. The number of carbonyl (C=O) groups excluding carboxylic acids is 2. The van der Waals surface area contributed by atoms with Crippen molar-refractivity contribution >= 4 is 52.4 Å². The van der Waals surface area contributed by atoms with Crippen LogP contribution in [-0.2, 0) is 20.0 Å². The SMILES string of the molecule is COC(=N)NC(=O)c1ccc(C2=NOC(c3cc(Cl)cc(Cl)c3)(C(F)(F)F)C2)cc1NC(C)=O. The Morgan fingerprint density at radius 2 is 1.82 bits per heavy atom. The first-order valence-electron chi connectivity index (χ1n) is 9.50. The summed E-state index contributed by atoms with van der Waals surface area (Å²) < 4.78 is 47.2. The van der Waals surface area contributed by atoms with E-state index in [4.69, 9.17) is 33.4 Å². The average Bonchev–Trinajstić information content (AvgIpc) is 3.19. The lowest BCUT2D eigenvalue weighted by Crippen LogP contribution is -2.42. The summed E-state index contributed by atoms with van der Waals surface area (Å²) in [6.45, 7) is 1.19. The third-order valence-corrected chi connectivity index (χ3v) is 5.29. The number of hydrogen-bond donors (Lipinski definition) is 3. The van der Waals surface area contributed by atoms with Crippen LogP contribution >= 0.6 is 23.2 Å². The van der Waals surface area contributed by atoms with E-state index in [1.165, 1.54) is 38.3 Å². The van der Waals surface area contributed by atoms with Gasteiger partial charge in [-0.1, -0.05) is 34.4 Å². The van der Waals surface area contributed by atoms with Crippen LogP contribution in [0, 0.1) is 5.41 Å². The van der Waals surface area contributed by atoms with Crippen molar-refractivity contribution < 1.29 is 32.3 Å². The molecular formula is C21H17Cl2F3N4O4. The molecule has 180 valence electrons. The number of amides is 2. The van der Waals surface area contributed by atoms with E-state index >= 15 is 0 Å². The fourth-order valence-electron chi connectivity index (χ4n) is 3.28. The van der Waals surface area contributed by atoms with E-state index in [1.54, 1.807) is 0 Å². The fourth-order valence-corrected chi connectivity index (χ4v) is 3.81. The second-order valence-electron chi connectivity index (χ2n) is 7.22. The van der Waals surface area contributed by atoms with Crippen molar-refractivity contribution in [1.29, 1.82) is 5.41 Å². The van der Waals surface area contributed by atoms with Crippen molar-refractivity contribution in [2.75, 3.05) is 12.4 Å². The maximum absolute atomic E-state index is 14.2. The normalized spacial score (nSPS) is 17.4. The van der Waals surface area contributed by atoms with E-state index in [0.29, 0.717) is 0 Å². The minimum absolute atomic E-state index is 0.00638. The fraction of sp³-hybridized carbons (Fsp3) is 0.238. The second-order valence-corrected chi connectivity index (χ2v) is 8.09. The maximum Gasteiger partial charge on any atom is 0.435 e. The molecule has 0 aromatic heterocycles. The highest BCUT2D eigenvalue weighted by Gasteiger charge is 2.62. The molecule has 1 aliphatic rings. The molecule has 1 heterocycles. The van der Waals surface area contributed by atoms with Crippen LogP contribution in [0.25, 0.3) is 0 Å². The minimum atomic E-state index is -4.88. The number of amidine groups is 1. The van der Waals surface area contributed by atoms with Crippen LogP contribution in [0.3, 0.4) is 0 Å². The Kier molecular flexibility index (Phi) is 7.08. The van der Waals surface area contributed by atoms with Gasteiger partial charge in [-0.3, -0.25) is 20.3 Å². The number of benzene rings is 2. The van der Waals surface area contributed by atoms with Crippen molar-refractivity contribution in [3.63, 3.8) is 0 Å². The quantitative estimate of drug-likeness (QED) is 0.398. The van der Waals surface area contributed by atoms with Crippen LogP contribution in [0.1, 0.15) is 34.8 Å². The molecule has 2 aromatic rings. The van der Waals surface area contributed by atoms with Crippen LogP contribution in [0.2, 0.25) is 10.0 Å². The number of nitrogens with zero attached hydrogens (tertiary/aromatic N) is 1. The molecule has 13 heteroatoms. The monoisotopic (exact) mass is 516 g/mol. The minimum Gasteiger partial charge on any atom is -0.468 e. The number of rotatable bonds is 4. The summed E-state index contributed by atoms with van der Waals surface area (Å²) in [7, 11) is 1.18. The predicted molar refractivity (Wildman–Crippen MR) is 119 cm³/mol. The number of nitrogens with one attached hydrogen (secondary N) is 3. The van der Waals surface area contributed by atoms with Crippen molar-refractivity contribution in [2.24, 2.45) is 5.16 Å². The Bertz CT molecular complexity index is 1180. The van der Waals surface area contributed by atoms with Gasteiger partial charge < -0.3 is 14.9 Å². The van der Waals surface area contributed by atoms with E-state index in [2.05, 4.69) is 20.5 Å². The van der Waals surface area contributed by atoms with E-state index in [1.807, 2.05) is 0 Å². The Hall–Kier alpha value is -3.31. The first kappa shape index (κ1) is 25.3. The Balaban J connectivity index is 2.01. The number of hydrogen-bond acceptors (Lipinski definition) is 6. The highest BCUT2D eigenvalue weighted by molar-refractivity contribution is 6.34. The molecule has 0 spiro atoms. The van der Waals surface area contributed by atoms with Crippen molar-refractivity contribution in [2.45, 2.75) is 25.1 Å². The summed E-state index contributed by atoms with van der Waals surface area (Å²) in [4.78, 5) is 29.0. The lowest BCUT2D eigenvalue weighted by Gasteiger charge is -2.29. The molecule has 3 N–H and O–H groups in total. The van der Waals surface area contributed by atoms with Gasteiger partial charge in [-0.05, 0) is 30.3 Å². The van der Waals surface area contributed by atoms with Gasteiger partial charge in [0, 0.05) is 34.5 Å². The van der Waals surface area contributed by atoms with E-state index in [-0.39, 0.29) is 38.1 Å². The lowest BCUT2D eigenvalue weighted by atomic mass is 9.86. The average molecular weight is 517 g/mol. The Morgan fingerprint density at radius 1 is 1.18 bits per heavy atom. The van der Waals surface area contributed by atoms with Crippen molar-refractivity contribution in [3.8, 4) is 0 Å². The van der Waals surface area contributed by atoms with Crippen LogP contribution in [0.5, 0.6) is 0 Å². The summed E-state index contributed by atoms with van der Waals surface area (Å²) in [6.07, 6.45) is -5.60. The topological polar surface area (TPSA) is 113 Å². The van der Waals surface area contributed by atoms with Gasteiger partial charge in [-0.15, -0.1) is 0 Å². The van der Waals surface area contributed by atoms with Gasteiger partial charge in [-0.2, -0.15) is 13.2 Å². The van der Waals surface area contributed by atoms with Gasteiger partial charge in [0.25, 0.3) is 17.5 Å². The van der Waals surface area contributed by atoms with E-state index < -0.39 is 36.0 Å². The van der Waals surface area contributed by atoms with E-state index in [9.17, 15) is 22.8 Å². The molecule has 8 nitrogen and oxygen atoms in total. The standard InChI is InChI=1S/C21H17Cl2F3N4O4/c1-10(31)28-16-5-11(3-4-15(16)18(32)29-19(27)33-2)17-9-20(34-30-17,21(24,25)26)12-6-13(22)8-14(23)7-12/h3-8H,9H2,1-2H3,(H,28,31)(H2,27,29,32). The van der Waals surface area contributed by atoms with Gasteiger partial charge in [0.2, 0.25) is 5.91 Å². The third-order valence-electron chi connectivity index (χ3n) is 4.85. The molecule has 0 fully saturated rings. The van der Waals surface area contributed by atoms with Crippen molar-refractivity contribution in [3.05, 3.63) is 63.1 Å².